The van der Waals surface area contributed by atoms with Crippen LogP contribution in [0, 0.1) is 11.2 Å². The second-order valence-corrected chi connectivity index (χ2v) is 5.78. The fourth-order valence-electron chi connectivity index (χ4n) is 2.47. The lowest BCUT2D eigenvalue weighted by atomic mass is 9.84. The molecule has 3 nitrogen and oxygen atoms in total. The Balaban J connectivity index is 2.39. The maximum Gasteiger partial charge on any atom is 0.299 e. The molecule has 5 heteroatoms. The van der Waals surface area contributed by atoms with E-state index in [1.165, 1.54) is 17.0 Å². The summed E-state index contributed by atoms with van der Waals surface area (Å²) >= 11 is 3.50. The third kappa shape index (κ3) is 2.39. The van der Waals surface area contributed by atoms with Crippen LogP contribution in [0.5, 0.6) is 0 Å². The molecule has 1 aromatic carbocycles. The van der Waals surface area contributed by atoms with Crippen LogP contribution in [0.25, 0.3) is 0 Å². The quantitative estimate of drug-likeness (QED) is 0.606. The number of fused-ring (bicyclic) bond motifs is 1. The highest BCUT2D eigenvalue weighted by atomic mass is 79.9. The molecule has 1 aromatic rings. The highest BCUT2D eigenvalue weighted by molar-refractivity contribution is 9.09. The van der Waals surface area contributed by atoms with Gasteiger partial charge in [-0.15, -0.1) is 0 Å². The number of Topliss-reactive ketones (excluding diaryl/α,β-unsaturated/α-hetero) is 1. The van der Waals surface area contributed by atoms with Gasteiger partial charge in [-0.3, -0.25) is 9.59 Å². The molecule has 0 aromatic heterocycles. The van der Waals surface area contributed by atoms with Crippen LogP contribution < -0.4 is 4.90 Å². The lowest BCUT2D eigenvalue weighted by Crippen LogP contribution is -2.41. The third-order valence-electron chi connectivity index (χ3n) is 4.21. The van der Waals surface area contributed by atoms with E-state index in [9.17, 15) is 14.0 Å². The van der Waals surface area contributed by atoms with E-state index in [4.69, 9.17) is 0 Å². The molecule has 0 atom stereocenters. The molecule has 0 unspecified atom stereocenters. The second-order valence-electron chi connectivity index (χ2n) is 5.22. The van der Waals surface area contributed by atoms with Crippen molar-refractivity contribution in [2.75, 3.05) is 16.8 Å². The number of benzene rings is 1. The summed E-state index contributed by atoms with van der Waals surface area (Å²) in [6.07, 6.45) is 1.78. The number of hydrogen-bond acceptors (Lipinski definition) is 2. The maximum atomic E-state index is 13.2. The zero-order valence-corrected chi connectivity index (χ0v) is 13.2. The fraction of sp³-hybridized carbons (Fsp3) is 0.467. The first kappa shape index (κ1) is 15.2. The van der Waals surface area contributed by atoms with Crippen molar-refractivity contribution in [2.24, 2.45) is 5.41 Å². The van der Waals surface area contributed by atoms with Crippen LogP contribution in [0.3, 0.4) is 0 Å². The van der Waals surface area contributed by atoms with Crippen molar-refractivity contribution in [3.8, 4) is 0 Å². The molecule has 0 radical (unpaired) electrons. The van der Waals surface area contributed by atoms with Gasteiger partial charge in [0.2, 0.25) is 0 Å². The zero-order chi connectivity index (χ0) is 14.9. The van der Waals surface area contributed by atoms with Gasteiger partial charge in [0.25, 0.3) is 11.7 Å². The van der Waals surface area contributed by atoms with E-state index in [1.807, 2.05) is 0 Å². The largest absolute Gasteiger partial charge is 0.304 e. The van der Waals surface area contributed by atoms with E-state index >= 15 is 0 Å². The standard InChI is InChI=1S/C15H17BrFNO2/c1-3-15(4-2,8-16)9-18-12-6-5-10(17)7-11(12)13(19)14(18)20/h5-7H,3-4,8-9H2,1-2H3. The van der Waals surface area contributed by atoms with Gasteiger partial charge in [0.15, 0.2) is 0 Å². The molecule has 0 bridgehead atoms. The topological polar surface area (TPSA) is 37.4 Å². The van der Waals surface area contributed by atoms with Crippen molar-refractivity contribution in [1.82, 2.24) is 0 Å². The van der Waals surface area contributed by atoms with Gasteiger partial charge in [-0.1, -0.05) is 29.8 Å². The minimum Gasteiger partial charge on any atom is -0.304 e. The monoisotopic (exact) mass is 341 g/mol. The van der Waals surface area contributed by atoms with Gasteiger partial charge in [0.1, 0.15) is 5.82 Å². The maximum absolute atomic E-state index is 13.2. The molecule has 1 amide bonds. The smallest absolute Gasteiger partial charge is 0.299 e. The number of carbonyl (C=O) groups excluding carboxylic acids is 2. The van der Waals surface area contributed by atoms with Crippen molar-refractivity contribution in [3.63, 3.8) is 0 Å². The lowest BCUT2D eigenvalue weighted by Gasteiger charge is -2.34. The molecule has 0 spiro atoms. The minimum absolute atomic E-state index is 0.0774. The molecule has 20 heavy (non-hydrogen) atoms. The van der Waals surface area contributed by atoms with E-state index in [-0.39, 0.29) is 11.0 Å². The lowest BCUT2D eigenvalue weighted by molar-refractivity contribution is -0.114. The summed E-state index contributed by atoms with van der Waals surface area (Å²) in [5.74, 6) is -1.67. The van der Waals surface area contributed by atoms with Gasteiger partial charge >= 0.3 is 0 Å². The number of nitrogens with zero attached hydrogens (tertiary/aromatic N) is 1. The van der Waals surface area contributed by atoms with Crippen molar-refractivity contribution in [3.05, 3.63) is 29.6 Å². The molecule has 0 saturated carbocycles. The molecule has 0 fully saturated rings. The third-order valence-corrected chi connectivity index (χ3v) is 5.40. The van der Waals surface area contributed by atoms with E-state index in [2.05, 4.69) is 29.8 Å². The first-order valence-corrected chi connectivity index (χ1v) is 7.82. The molecular weight excluding hydrogens is 325 g/mol. The van der Waals surface area contributed by atoms with E-state index < -0.39 is 17.5 Å². The van der Waals surface area contributed by atoms with Crippen LogP contribution in [0.2, 0.25) is 0 Å². The molecule has 0 saturated heterocycles. The predicted molar refractivity (Wildman–Crippen MR) is 79.9 cm³/mol. The zero-order valence-electron chi connectivity index (χ0n) is 11.6. The summed E-state index contributed by atoms with van der Waals surface area (Å²) in [5.41, 5.74) is 0.616. The van der Waals surface area contributed by atoms with Crippen LogP contribution in [0.1, 0.15) is 37.0 Å². The van der Waals surface area contributed by atoms with Gasteiger partial charge in [-0.25, -0.2) is 4.39 Å². The number of amides is 1. The van der Waals surface area contributed by atoms with Crippen molar-refractivity contribution >= 4 is 33.3 Å². The number of carbonyl (C=O) groups is 2. The van der Waals surface area contributed by atoms with Crippen LogP contribution in [-0.2, 0) is 4.79 Å². The summed E-state index contributed by atoms with van der Waals surface area (Å²) < 4.78 is 13.2. The van der Waals surface area contributed by atoms with E-state index in [1.54, 1.807) is 0 Å². The Labute approximate surface area is 126 Å². The average molecular weight is 342 g/mol. The summed E-state index contributed by atoms with van der Waals surface area (Å²) in [5, 5.41) is 0.751. The summed E-state index contributed by atoms with van der Waals surface area (Å²) in [6, 6.07) is 3.94. The Bertz CT molecular complexity index is 547. The number of alkyl halides is 1. The Kier molecular flexibility index (Phi) is 4.28. The van der Waals surface area contributed by atoms with Crippen LogP contribution in [-0.4, -0.2) is 23.6 Å². The summed E-state index contributed by atoms with van der Waals surface area (Å²) in [4.78, 5) is 25.6. The summed E-state index contributed by atoms with van der Waals surface area (Å²) in [7, 11) is 0. The number of anilines is 1. The number of hydrogen-bond donors (Lipinski definition) is 0. The van der Waals surface area contributed by atoms with E-state index in [0.29, 0.717) is 12.2 Å². The van der Waals surface area contributed by atoms with Gasteiger partial charge in [0, 0.05) is 11.9 Å². The molecule has 1 heterocycles. The molecule has 1 aliphatic rings. The number of ketones is 1. The average Bonchev–Trinajstić information content (AvgIpc) is 2.69. The van der Waals surface area contributed by atoms with Gasteiger partial charge in [-0.2, -0.15) is 0 Å². The van der Waals surface area contributed by atoms with Gasteiger partial charge in [0.05, 0.1) is 11.3 Å². The van der Waals surface area contributed by atoms with E-state index in [0.717, 1.165) is 24.2 Å². The Hall–Kier alpha value is -1.23. The predicted octanol–water partition coefficient (Wildman–Crippen LogP) is 3.56. The molecule has 0 aliphatic carbocycles. The molecule has 1 aliphatic heterocycles. The summed E-state index contributed by atoms with van der Waals surface area (Å²) in [6.45, 7) is 4.60. The first-order chi connectivity index (χ1) is 9.48. The van der Waals surface area contributed by atoms with Crippen molar-refractivity contribution < 1.29 is 14.0 Å². The molecule has 108 valence electrons. The van der Waals surface area contributed by atoms with Crippen molar-refractivity contribution in [1.29, 1.82) is 0 Å². The number of halogens is 2. The van der Waals surface area contributed by atoms with Crippen LogP contribution >= 0.6 is 15.9 Å². The van der Waals surface area contributed by atoms with Crippen LogP contribution in [0.15, 0.2) is 18.2 Å². The Morgan fingerprint density at radius 2 is 1.90 bits per heavy atom. The SMILES string of the molecule is CCC(CC)(CBr)CN1C(=O)C(=O)c2cc(F)ccc21. The molecule has 0 N–H and O–H groups in total. The number of rotatable bonds is 5. The van der Waals surface area contributed by atoms with Crippen LogP contribution in [0.4, 0.5) is 10.1 Å². The van der Waals surface area contributed by atoms with Crippen molar-refractivity contribution in [2.45, 2.75) is 26.7 Å². The highest BCUT2D eigenvalue weighted by Crippen LogP contribution is 2.36. The Morgan fingerprint density at radius 3 is 2.45 bits per heavy atom. The minimum atomic E-state index is -0.616. The molecule has 2 rings (SSSR count). The van der Waals surface area contributed by atoms with Gasteiger partial charge < -0.3 is 4.90 Å². The second kappa shape index (κ2) is 5.64. The normalized spacial score (nSPS) is 14.9. The molecular formula is C15H17BrFNO2. The Morgan fingerprint density at radius 1 is 1.25 bits per heavy atom. The highest BCUT2D eigenvalue weighted by Gasteiger charge is 2.40. The first-order valence-electron chi connectivity index (χ1n) is 6.69. The fourth-order valence-corrected chi connectivity index (χ4v) is 3.44. The van der Waals surface area contributed by atoms with Gasteiger partial charge in [-0.05, 0) is 36.5 Å².